The summed E-state index contributed by atoms with van der Waals surface area (Å²) in [5.41, 5.74) is 2.97. The molecule has 0 aromatic heterocycles. The average Bonchev–Trinajstić information content (AvgIpc) is 3.52. The Kier molecular flexibility index (Phi) is 8.37. The largest absolute Gasteiger partial charge is 0.271 e. The van der Waals surface area contributed by atoms with E-state index in [0.29, 0.717) is 17.9 Å². The van der Waals surface area contributed by atoms with Gasteiger partial charge in [0.1, 0.15) is 0 Å². The summed E-state index contributed by atoms with van der Waals surface area (Å²) in [4.78, 5) is 0. The van der Waals surface area contributed by atoms with Gasteiger partial charge in [-0.3, -0.25) is 4.67 Å². The van der Waals surface area contributed by atoms with Crippen LogP contribution in [-0.4, -0.2) is 17.3 Å². The molecule has 0 N–H and O–H groups in total. The highest BCUT2D eigenvalue weighted by Gasteiger charge is 2.44. The molecule has 0 saturated heterocycles. The van der Waals surface area contributed by atoms with Crippen LogP contribution in [0.2, 0.25) is 0 Å². The van der Waals surface area contributed by atoms with E-state index < -0.39 is 8.07 Å². The van der Waals surface area contributed by atoms with Crippen LogP contribution in [0.4, 0.5) is 0 Å². The molecule has 2 atom stereocenters. The van der Waals surface area contributed by atoms with E-state index in [1.165, 1.54) is 69.0 Å². The minimum atomic E-state index is -0.784. The SMILES string of the molecule is CCCCN(C1[C@H](c2ccccc2)CC[C@H]1c1ccccc1)P(c1ccc2ccccc2c1)c1ccc2ccccc2c1. The van der Waals surface area contributed by atoms with E-state index in [1.54, 1.807) is 0 Å². The summed E-state index contributed by atoms with van der Waals surface area (Å²) in [7, 11) is -0.784. The Labute approximate surface area is 258 Å². The quantitative estimate of drug-likeness (QED) is 0.155. The van der Waals surface area contributed by atoms with Gasteiger partial charge in [0.05, 0.1) is 0 Å². The van der Waals surface area contributed by atoms with Crippen molar-refractivity contribution in [3.8, 4) is 0 Å². The second-order valence-electron chi connectivity index (χ2n) is 12.0. The van der Waals surface area contributed by atoms with Crippen molar-refractivity contribution in [1.82, 2.24) is 4.67 Å². The molecule has 214 valence electrons. The highest BCUT2D eigenvalue weighted by Crippen LogP contribution is 2.54. The molecule has 7 rings (SSSR count). The summed E-state index contributed by atoms with van der Waals surface area (Å²) in [5.74, 6) is 0.989. The summed E-state index contributed by atoms with van der Waals surface area (Å²) >= 11 is 0. The standard InChI is InChI=1S/C41H40NP/c1-2-3-28-42(41-39(33-16-6-4-7-17-33)26-27-40(41)34-18-8-5-9-19-34)43(37-24-22-31-14-10-12-20-35(31)29-37)38-25-23-32-15-11-13-21-36(32)30-38/h4-25,29-30,39-41H,2-3,26-28H2,1H3/t39-,40-/m0/s1. The summed E-state index contributed by atoms with van der Waals surface area (Å²) in [6.45, 7) is 3.43. The maximum Gasteiger partial charge on any atom is 0.0284 e. The third kappa shape index (κ3) is 5.77. The molecule has 1 aliphatic carbocycles. The number of rotatable bonds is 9. The van der Waals surface area contributed by atoms with Gasteiger partial charge in [0, 0.05) is 32.5 Å². The smallest absolute Gasteiger partial charge is 0.0284 e. The third-order valence-electron chi connectivity index (χ3n) is 9.37. The van der Waals surface area contributed by atoms with Gasteiger partial charge in [-0.2, -0.15) is 0 Å². The summed E-state index contributed by atoms with van der Waals surface area (Å²) in [6, 6.07) is 55.3. The summed E-state index contributed by atoms with van der Waals surface area (Å²) in [6.07, 6.45) is 4.82. The van der Waals surface area contributed by atoms with Gasteiger partial charge < -0.3 is 0 Å². The zero-order valence-corrected chi connectivity index (χ0v) is 25.9. The Balaban J connectivity index is 1.44. The van der Waals surface area contributed by atoms with E-state index in [0.717, 1.165) is 6.54 Å². The number of fused-ring (bicyclic) bond motifs is 2. The summed E-state index contributed by atoms with van der Waals surface area (Å²) < 4.78 is 2.98. The lowest BCUT2D eigenvalue weighted by Gasteiger charge is -2.42. The van der Waals surface area contributed by atoms with Crippen LogP contribution >= 0.6 is 8.07 Å². The topological polar surface area (TPSA) is 3.24 Å². The van der Waals surface area contributed by atoms with Crippen molar-refractivity contribution >= 4 is 40.2 Å². The van der Waals surface area contributed by atoms with Crippen molar-refractivity contribution in [3.05, 3.63) is 157 Å². The Morgan fingerprint density at radius 2 is 0.977 bits per heavy atom. The molecular formula is C41H40NP. The Morgan fingerprint density at radius 3 is 1.44 bits per heavy atom. The second kappa shape index (κ2) is 12.8. The molecule has 6 aromatic carbocycles. The molecule has 0 unspecified atom stereocenters. The molecule has 1 saturated carbocycles. The van der Waals surface area contributed by atoms with E-state index in [2.05, 4.69) is 157 Å². The van der Waals surface area contributed by atoms with Gasteiger partial charge in [-0.15, -0.1) is 0 Å². The van der Waals surface area contributed by atoms with Crippen LogP contribution < -0.4 is 10.6 Å². The van der Waals surface area contributed by atoms with Crippen LogP contribution in [0.1, 0.15) is 55.6 Å². The van der Waals surface area contributed by atoms with Crippen LogP contribution in [-0.2, 0) is 0 Å². The van der Waals surface area contributed by atoms with E-state index in [4.69, 9.17) is 0 Å². The molecule has 0 radical (unpaired) electrons. The first-order chi connectivity index (χ1) is 21.3. The lowest BCUT2D eigenvalue weighted by atomic mass is 9.87. The molecule has 1 aliphatic rings. The fourth-order valence-corrected chi connectivity index (χ4v) is 10.1. The third-order valence-corrected chi connectivity index (χ3v) is 11.9. The molecule has 1 nitrogen and oxygen atoms in total. The first-order valence-corrected chi connectivity index (χ1v) is 17.2. The maximum absolute atomic E-state index is 2.98. The van der Waals surface area contributed by atoms with Crippen LogP contribution in [0.15, 0.2) is 146 Å². The highest BCUT2D eigenvalue weighted by atomic mass is 31.1. The molecule has 0 amide bonds. The number of nitrogens with zero attached hydrogens (tertiary/aromatic N) is 1. The molecule has 2 heteroatoms. The first kappa shape index (κ1) is 28.0. The maximum atomic E-state index is 2.98. The molecular weight excluding hydrogens is 537 g/mol. The van der Waals surface area contributed by atoms with Crippen LogP contribution in [0, 0.1) is 0 Å². The van der Waals surface area contributed by atoms with Crippen LogP contribution in [0.5, 0.6) is 0 Å². The normalized spacial score (nSPS) is 17.4. The summed E-state index contributed by atoms with van der Waals surface area (Å²) in [5, 5.41) is 8.18. The predicted octanol–water partition coefficient (Wildman–Crippen LogP) is 10.2. The number of unbranched alkanes of at least 4 members (excludes halogenated alkanes) is 1. The molecule has 0 heterocycles. The van der Waals surface area contributed by atoms with Gasteiger partial charge in [-0.1, -0.05) is 147 Å². The van der Waals surface area contributed by atoms with Gasteiger partial charge in [0.15, 0.2) is 0 Å². The fourth-order valence-electron chi connectivity index (χ4n) is 7.29. The van der Waals surface area contributed by atoms with Crippen LogP contribution in [0.25, 0.3) is 21.5 Å². The van der Waals surface area contributed by atoms with Gasteiger partial charge in [-0.05, 0) is 74.7 Å². The lowest BCUT2D eigenvalue weighted by molar-refractivity contribution is 0.296. The van der Waals surface area contributed by atoms with Crippen molar-refractivity contribution in [1.29, 1.82) is 0 Å². The van der Waals surface area contributed by atoms with E-state index >= 15 is 0 Å². The van der Waals surface area contributed by atoms with Crippen molar-refractivity contribution in [2.45, 2.75) is 50.5 Å². The zero-order chi connectivity index (χ0) is 29.0. The van der Waals surface area contributed by atoms with Crippen molar-refractivity contribution in [2.75, 3.05) is 6.54 Å². The first-order valence-electron chi connectivity index (χ1n) is 15.9. The van der Waals surface area contributed by atoms with Gasteiger partial charge in [0.25, 0.3) is 0 Å². The molecule has 0 bridgehead atoms. The van der Waals surface area contributed by atoms with E-state index in [-0.39, 0.29) is 0 Å². The minimum Gasteiger partial charge on any atom is -0.271 e. The number of hydrogen-bond donors (Lipinski definition) is 0. The van der Waals surface area contributed by atoms with Crippen LogP contribution in [0.3, 0.4) is 0 Å². The van der Waals surface area contributed by atoms with E-state index in [1.807, 2.05) is 0 Å². The Morgan fingerprint density at radius 1 is 0.535 bits per heavy atom. The van der Waals surface area contributed by atoms with Crippen molar-refractivity contribution < 1.29 is 0 Å². The fraction of sp³-hybridized carbons (Fsp3) is 0.220. The van der Waals surface area contributed by atoms with Crippen molar-refractivity contribution in [2.24, 2.45) is 0 Å². The van der Waals surface area contributed by atoms with E-state index in [9.17, 15) is 0 Å². The Bertz CT molecular complexity index is 1670. The molecule has 6 aromatic rings. The molecule has 1 fully saturated rings. The molecule has 43 heavy (non-hydrogen) atoms. The average molecular weight is 578 g/mol. The predicted molar refractivity (Wildman–Crippen MR) is 187 cm³/mol. The lowest BCUT2D eigenvalue weighted by Crippen LogP contribution is -2.42. The highest BCUT2D eigenvalue weighted by molar-refractivity contribution is 7.70. The van der Waals surface area contributed by atoms with Gasteiger partial charge >= 0.3 is 0 Å². The number of hydrogen-bond acceptors (Lipinski definition) is 1. The second-order valence-corrected chi connectivity index (χ2v) is 14.2. The van der Waals surface area contributed by atoms with Gasteiger partial charge in [-0.25, -0.2) is 0 Å². The van der Waals surface area contributed by atoms with Crippen molar-refractivity contribution in [3.63, 3.8) is 0 Å². The monoisotopic (exact) mass is 577 g/mol. The number of benzene rings is 6. The minimum absolute atomic E-state index is 0.417. The zero-order valence-electron chi connectivity index (χ0n) is 25.0. The van der Waals surface area contributed by atoms with Gasteiger partial charge in [0.2, 0.25) is 0 Å². The Hall–Kier alpha value is -3.77. The molecule has 0 aliphatic heterocycles. The molecule has 0 spiro atoms.